The summed E-state index contributed by atoms with van der Waals surface area (Å²) in [5.41, 5.74) is 2.64. The Kier molecular flexibility index (Phi) is 6.17. The summed E-state index contributed by atoms with van der Waals surface area (Å²) in [7, 11) is 0. The van der Waals surface area contributed by atoms with Crippen LogP contribution in [0.2, 0.25) is 0 Å². The van der Waals surface area contributed by atoms with Crippen molar-refractivity contribution in [2.75, 3.05) is 0 Å². The fourth-order valence-corrected chi connectivity index (χ4v) is 2.84. The van der Waals surface area contributed by atoms with Crippen LogP contribution in [0.15, 0.2) is 30.5 Å². The van der Waals surface area contributed by atoms with Crippen LogP contribution in [0, 0.1) is 0 Å². The number of rotatable bonds is 3. The summed E-state index contributed by atoms with van der Waals surface area (Å²) in [6.07, 6.45) is 9.05. The first-order valence-electron chi connectivity index (χ1n) is 7.82. The van der Waals surface area contributed by atoms with Crippen molar-refractivity contribution in [2.45, 2.75) is 44.7 Å². The van der Waals surface area contributed by atoms with Gasteiger partial charge in [0.1, 0.15) is 0 Å². The molecular formula is C17H22N2O4. The molecule has 1 aromatic heterocycles. The van der Waals surface area contributed by atoms with Crippen LogP contribution in [0.25, 0.3) is 10.9 Å². The first kappa shape index (κ1) is 17.0. The molecule has 2 aromatic rings. The molecule has 1 saturated carbocycles. The van der Waals surface area contributed by atoms with Crippen LogP contribution in [0.3, 0.4) is 0 Å². The number of carboxylic acid groups (broad SMARTS) is 2. The van der Waals surface area contributed by atoms with Crippen LogP contribution in [-0.2, 0) is 16.1 Å². The number of aromatic nitrogens is 1. The van der Waals surface area contributed by atoms with Gasteiger partial charge in [-0.05, 0) is 24.5 Å². The van der Waals surface area contributed by atoms with Crippen molar-refractivity contribution in [2.24, 2.45) is 0 Å². The number of benzene rings is 1. The third-order valence-electron chi connectivity index (χ3n) is 4.04. The molecule has 4 N–H and O–H groups in total. The molecule has 0 aliphatic heterocycles. The minimum atomic E-state index is -1.82. The first-order valence-corrected chi connectivity index (χ1v) is 7.82. The van der Waals surface area contributed by atoms with Crippen LogP contribution in [0.5, 0.6) is 0 Å². The van der Waals surface area contributed by atoms with Gasteiger partial charge in [0.25, 0.3) is 0 Å². The lowest BCUT2D eigenvalue weighted by Crippen LogP contribution is -2.30. The number of hydrogen-bond acceptors (Lipinski definition) is 3. The molecule has 0 radical (unpaired) electrons. The van der Waals surface area contributed by atoms with E-state index in [0.717, 1.165) is 12.6 Å². The van der Waals surface area contributed by atoms with Gasteiger partial charge >= 0.3 is 11.9 Å². The highest BCUT2D eigenvalue weighted by Gasteiger charge is 2.13. The van der Waals surface area contributed by atoms with E-state index in [0.29, 0.717) is 0 Å². The van der Waals surface area contributed by atoms with Crippen molar-refractivity contribution in [1.29, 1.82) is 0 Å². The number of carboxylic acids is 2. The summed E-state index contributed by atoms with van der Waals surface area (Å²) in [5, 5.41) is 19.8. The number of fused-ring (bicyclic) bond motifs is 1. The molecule has 3 rings (SSSR count). The topological polar surface area (TPSA) is 102 Å². The average Bonchev–Trinajstić information content (AvgIpc) is 2.98. The SMILES string of the molecule is O=C(O)C(=O)O.c1ccc2c(CNC3CCCCC3)c[nH]c2c1. The quantitative estimate of drug-likeness (QED) is 0.652. The van der Waals surface area contributed by atoms with E-state index in [9.17, 15) is 0 Å². The zero-order valence-corrected chi connectivity index (χ0v) is 12.9. The van der Waals surface area contributed by atoms with E-state index in [1.54, 1.807) is 0 Å². The number of carbonyl (C=O) groups is 2. The third kappa shape index (κ3) is 5.10. The van der Waals surface area contributed by atoms with Gasteiger partial charge in [-0.25, -0.2) is 9.59 Å². The predicted octanol–water partition coefficient (Wildman–Crippen LogP) is 2.75. The predicted molar refractivity (Wildman–Crippen MR) is 87.3 cm³/mol. The van der Waals surface area contributed by atoms with E-state index < -0.39 is 11.9 Å². The maximum Gasteiger partial charge on any atom is 0.414 e. The van der Waals surface area contributed by atoms with E-state index in [-0.39, 0.29) is 0 Å². The summed E-state index contributed by atoms with van der Waals surface area (Å²) in [5.74, 6) is -3.65. The van der Waals surface area contributed by atoms with Gasteiger partial charge in [0.2, 0.25) is 0 Å². The maximum absolute atomic E-state index is 9.10. The Morgan fingerprint density at radius 2 is 1.74 bits per heavy atom. The van der Waals surface area contributed by atoms with Gasteiger partial charge in [-0.3, -0.25) is 0 Å². The van der Waals surface area contributed by atoms with Crippen molar-refractivity contribution in [3.05, 3.63) is 36.0 Å². The summed E-state index contributed by atoms with van der Waals surface area (Å²) in [4.78, 5) is 21.5. The highest BCUT2D eigenvalue weighted by molar-refractivity contribution is 6.27. The van der Waals surface area contributed by atoms with Crippen molar-refractivity contribution >= 4 is 22.8 Å². The second-order valence-corrected chi connectivity index (χ2v) is 5.69. The molecule has 6 nitrogen and oxygen atoms in total. The molecule has 0 unspecified atom stereocenters. The van der Waals surface area contributed by atoms with E-state index in [1.807, 2.05) is 0 Å². The Hall–Kier alpha value is -2.34. The standard InChI is InChI=1S/C15H20N2.C2H2O4/c1-2-6-13(7-3-1)16-10-12-11-17-15-9-5-4-8-14(12)15;3-1(4)2(5)6/h4-5,8-9,11,13,16-17H,1-3,6-7,10H2;(H,3,4)(H,5,6). The van der Waals surface area contributed by atoms with Gasteiger partial charge in [0.15, 0.2) is 0 Å². The van der Waals surface area contributed by atoms with Gasteiger partial charge in [-0.2, -0.15) is 0 Å². The number of nitrogens with one attached hydrogen (secondary N) is 2. The van der Waals surface area contributed by atoms with Gasteiger partial charge in [-0.1, -0.05) is 37.5 Å². The molecule has 0 amide bonds. The van der Waals surface area contributed by atoms with E-state index in [2.05, 4.69) is 40.8 Å². The molecule has 124 valence electrons. The lowest BCUT2D eigenvalue weighted by atomic mass is 9.95. The summed E-state index contributed by atoms with van der Waals surface area (Å²) < 4.78 is 0. The Labute approximate surface area is 134 Å². The normalized spacial score (nSPS) is 15.0. The van der Waals surface area contributed by atoms with E-state index >= 15 is 0 Å². The number of para-hydroxylation sites is 1. The van der Waals surface area contributed by atoms with Crippen LogP contribution in [0.4, 0.5) is 0 Å². The highest BCUT2D eigenvalue weighted by Crippen LogP contribution is 2.20. The second-order valence-electron chi connectivity index (χ2n) is 5.69. The number of aliphatic carboxylic acids is 2. The molecule has 0 bridgehead atoms. The maximum atomic E-state index is 9.10. The molecule has 1 aliphatic rings. The minimum Gasteiger partial charge on any atom is -0.473 e. The molecule has 1 heterocycles. The zero-order valence-electron chi connectivity index (χ0n) is 12.9. The molecule has 1 aromatic carbocycles. The third-order valence-corrected chi connectivity index (χ3v) is 4.04. The number of aromatic amines is 1. The number of H-pyrrole nitrogens is 1. The second kappa shape index (κ2) is 8.33. The Balaban J connectivity index is 0.000000277. The molecular weight excluding hydrogens is 296 g/mol. The summed E-state index contributed by atoms with van der Waals surface area (Å²) in [6, 6.07) is 9.26. The Morgan fingerprint density at radius 1 is 1.09 bits per heavy atom. The Bertz CT molecular complexity index is 647. The van der Waals surface area contributed by atoms with Crippen molar-refractivity contribution < 1.29 is 19.8 Å². The Morgan fingerprint density at radius 3 is 2.39 bits per heavy atom. The first-order chi connectivity index (χ1) is 11.1. The largest absolute Gasteiger partial charge is 0.473 e. The molecule has 6 heteroatoms. The average molecular weight is 318 g/mol. The molecule has 0 atom stereocenters. The van der Waals surface area contributed by atoms with Crippen molar-refractivity contribution in [3.8, 4) is 0 Å². The summed E-state index contributed by atoms with van der Waals surface area (Å²) in [6.45, 7) is 0.995. The monoisotopic (exact) mass is 318 g/mol. The van der Waals surface area contributed by atoms with Crippen LogP contribution < -0.4 is 5.32 Å². The fraction of sp³-hybridized carbons (Fsp3) is 0.412. The molecule has 0 saturated heterocycles. The van der Waals surface area contributed by atoms with Crippen molar-refractivity contribution in [1.82, 2.24) is 10.3 Å². The minimum absolute atomic E-state index is 0.734. The van der Waals surface area contributed by atoms with E-state index in [1.165, 1.54) is 48.6 Å². The van der Waals surface area contributed by atoms with Crippen LogP contribution in [0.1, 0.15) is 37.7 Å². The summed E-state index contributed by atoms with van der Waals surface area (Å²) >= 11 is 0. The smallest absolute Gasteiger partial charge is 0.414 e. The highest BCUT2D eigenvalue weighted by atomic mass is 16.4. The zero-order chi connectivity index (χ0) is 16.7. The van der Waals surface area contributed by atoms with E-state index in [4.69, 9.17) is 19.8 Å². The van der Waals surface area contributed by atoms with Crippen LogP contribution in [-0.4, -0.2) is 33.2 Å². The lowest BCUT2D eigenvalue weighted by Gasteiger charge is -2.22. The molecule has 0 spiro atoms. The molecule has 1 aliphatic carbocycles. The van der Waals surface area contributed by atoms with Gasteiger partial charge < -0.3 is 20.5 Å². The molecule has 23 heavy (non-hydrogen) atoms. The van der Waals surface area contributed by atoms with Gasteiger partial charge in [0.05, 0.1) is 0 Å². The lowest BCUT2D eigenvalue weighted by molar-refractivity contribution is -0.159. The fourth-order valence-electron chi connectivity index (χ4n) is 2.84. The van der Waals surface area contributed by atoms with Crippen LogP contribution >= 0.6 is 0 Å². The number of hydrogen-bond donors (Lipinski definition) is 4. The molecule has 1 fully saturated rings. The van der Waals surface area contributed by atoms with Crippen molar-refractivity contribution in [3.63, 3.8) is 0 Å². The van der Waals surface area contributed by atoms with Gasteiger partial charge in [-0.15, -0.1) is 0 Å². The van der Waals surface area contributed by atoms with Gasteiger partial charge in [0, 0.05) is 29.7 Å².